The summed E-state index contributed by atoms with van der Waals surface area (Å²) < 4.78 is 0. The third kappa shape index (κ3) is 3.85. The zero-order chi connectivity index (χ0) is 17.0. The molecule has 3 aromatic rings. The Morgan fingerprint density at radius 2 is 1.33 bits per heavy atom. The van der Waals surface area contributed by atoms with Crippen LogP contribution in [-0.4, -0.2) is 10.7 Å². The van der Waals surface area contributed by atoms with E-state index in [0.29, 0.717) is 0 Å². The second-order valence-corrected chi connectivity index (χ2v) is 6.13. The van der Waals surface area contributed by atoms with Crippen LogP contribution in [0.3, 0.4) is 0 Å². The van der Waals surface area contributed by atoms with Crippen LogP contribution in [0.5, 0.6) is 0 Å². The van der Waals surface area contributed by atoms with E-state index in [0.717, 1.165) is 27.5 Å². The van der Waals surface area contributed by atoms with Gasteiger partial charge in [-0.05, 0) is 43.5 Å². The van der Waals surface area contributed by atoms with Gasteiger partial charge in [0.2, 0.25) is 0 Å². The quantitative estimate of drug-likeness (QED) is 0.612. The van der Waals surface area contributed by atoms with Gasteiger partial charge in [-0.15, -0.1) is 0 Å². The molecule has 116 valence electrons. The molecular weight excluding hydrogens is 292 g/mol. The van der Waals surface area contributed by atoms with E-state index in [2.05, 4.69) is 35.8 Å². The Morgan fingerprint density at radius 3 is 1.96 bits per heavy atom. The van der Waals surface area contributed by atoms with Crippen LogP contribution in [0.1, 0.15) is 30.5 Å². The Labute approximate surface area is 143 Å². The first-order chi connectivity index (χ1) is 11.5. The minimum Gasteiger partial charge on any atom is -0.378 e. The maximum Gasteiger partial charge on any atom is 0.120 e. The number of rotatable bonds is 0. The first kappa shape index (κ1) is 15.9. The molecule has 0 amide bonds. The summed E-state index contributed by atoms with van der Waals surface area (Å²) in [5.74, 6) is 12.5. The lowest BCUT2D eigenvalue weighted by molar-refractivity contribution is 0.143. The summed E-state index contributed by atoms with van der Waals surface area (Å²) in [5.41, 5.74) is 1.78. The van der Waals surface area contributed by atoms with Gasteiger partial charge in [0.15, 0.2) is 0 Å². The van der Waals surface area contributed by atoms with E-state index in [9.17, 15) is 5.11 Å². The van der Waals surface area contributed by atoms with Crippen LogP contribution in [-0.2, 0) is 0 Å². The summed E-state index contributed by atoms with van der Waals surface area (Å²) in [6, 6.07) is 22.0. The maximum absolute atomic E-state index is 9.87. The van der Waals surface area contributed by atoms with Gasteiger partial charge in [-0.3, -0.25) is 0 Å². The van der Waals surface area contributed by atoms with Crippen molar-refractivity contribution in [3.05, 3.63) is 83.4 Å². The third-order valence-corrected chi connectivity index (χ3v) is 3.52. The van der Waals surface area contributed by atoms with Crippen LogP contribution in [0.15, 0.2) is 66.7 Å². The standard InChI is InChI=1S/C23H18O/c1-23(2,24)17-16-21-13-7-11-19-10-6-12-20(22(19)21)15-14-18-8-4-3-5-9-18/h3-13,24H,1-2H3. The molecular formula is C23H18O. The molecule has 0 atom stereocenters. The number of hydrogen-bond donors (Lipinski definition) is 1. The summed E-state index contributed by atoms with van der Waals surface area (Å²) in [6.45, 7) is 3.36. The van der Waals surface area contributed by atoms with Crippen LogP contribution in [0.2, 0.25) is 0 Å². The van der Waals surface area contributed by atoms with Crippen molar-refractivity contribution in [2.24, 2.45) is 0 Å². The van der Waals surface area contributed by atoms with Crippen molar-refractivity contribution in [3.63, 3.8) is 0 Å². The van der Waals surface area contributed by atoms with Crippen molar-refractivity contribution in [3.8, 4) is 23.7 Å². The zero-order valence-corrected chi connectivity index (χ0v) is 13.8. The zero-order valence-electron chi connectivity index (χ0n) is 13.8. The number of aliphatic hydroxyl groups is 1. The van der Waals surface area contributed by atoms with Gasteiger partial charge >= 0.3 is 0 Å². The molecule has 1 N–H and O–H groups in total. The molecule has 1 heteroatoms. The lowest BCUT2D eigenvalue weighted by Gasteiger charge is -2.07. The van der Waals surface area contributed by atoms with Gasteiger partial charge in [-0.1, -0.05) is 66.1 Å². The minimum absolute atomic E-state index is 0.882. The van der Waals surface area contributed by atoms with Crippen LogP contribution < -0.4 is 0 Å². The molecule has 3 rings (SSSR count). The highest BCUT2D eigenvalue weighted by atomic mass is 16.3. The number of fused-ring (bicyclic) bond motifs is 1. The molecule has 0 aliphatic rings. The van der Waals surface area contributed by atoms with Crippen molar-refractivity contribution in [1.82, 2.24) is 0 Å². The highest BCUT2D eigenvalue weighted by Gasteiger charge is 2.07. The third-order valence-electron chi connectivity index (χ3n) is 3.52. The lowest BCUT2D eigenvalue weighted by Crippen LogP contribution is -2.14. The van der Waals surface area contributed by atoms with Gasteiger partial charge in [-0.2, -0.15) is 0 Å². The maximum atomic E-state index is 9.87. The highest BCUT2D eigenvalue weighted by Crippen LogP contribution is 2.22. The average molecular weight is 310 g/mol. The highest BCUT2D eigenvalue weighted by molar-refractivity contribution is 5.93. The van der Waals surface area contributed by atoms with Gasteiger partial charge in [0.1, 0.15) is 5.60 Å². The Bertz CT molecular complexity index is 979. The van der Waals surface area contributed by atoms with Crippen LogP contribution in [0.4, 0.5) is 0 Å². The van der Waals surface area contributed by atoms with Crippen LogP contribution in [0.25, 0.3) is 10.8 Å². The molecule has 0 unspecified atom stereocenters. The molecule has 0 fully saturated rings. The van der Waals surface area contributed by atoms with Gasteiger partial charge in [0, 0.05) is 22.1 Å². The normalized spacial score (nSPS) is 10.5. The lowest BCUT2D eigenvalue weighted by atomic mass is 9.98. The Kier molecular flexibility index (Phi) is 4.39. The second kappa shape index (κ2) is 6.63. The van der Waals surface area contributed by atoms with E-state index in [1.165, 1.54) is 0 Å². The van der Waals surface area contributed by atoms with E-state index in [4.69, 9.17) is 0 Å². The fraction of sp³-hybridized carbons (Fsp3) is 0.130. The monoisotopic (exact) mass is 310 g/mol. The van der Waals surface area contributed by atoms with E-state index in [-0.39, 0.29) is 0 Å². The van der Waals surface area contributed by atoms with Gasteiger partial charge in [0.05, 0.1) is 0 Å². The fourth-order valence-corrected chi connectivity index (χ4v) is 2.43. The molecule has 0 radical (unpaired) electrons. The minimum atomic E-state index is -1.02. The molecule has 0 spiro atoms. The SMILES string of the molecule is CC(C)(O)C#Cc1cccc2cccc(C#Cc3ccccc3)c12. The van der Waals surface area contributed by atoms with Gasteiger partial charge in [0.25, 0.3) is 0 Å². The summed E-state index contributed by atoms with van der Waals surface area (Å²) >= 11 is 0. The van der Waals surface area contributed by atoms with E-state index >= 15 is 0 Å². The fourth-order valence-electron chi connectivity index (χ4n) is 2.43. The predicted molar refractivity (Wildman–Crippen MR) is 99.5 cm³/mol. The van der Waals surface area contributed by atoms with E-state index < -0.39 is 5.60 Å². The van der Waals surface area contributed by atoms with Crippen LogP contribution >= 0.6 is 0 Å². The van der Waals surface area contributed by atoms with Crippen molar-refractivity contribution in [2.45, 2.75) is 19.4 Å². The van der Waals surface area contributed by atoms with E-state index in [1.807, 2.05) is 54.6 Å². The summed E-state index contributed by atoms with van der Waals surface area (Å²) in [7, 11) is 0. The smallest absolute Gasteiger partial charge is 0.120 e. The molecule has 0 heterocycles. The molecule has 1 nitrogen and oxygen atoms in total. The Balaban J connectivity index is 2.15. The molecule has 3 aromatic carbocycles. The summed E-state index contributed by atoms with van der Waals surface area (Å²) in [5, 5.41) is 12.0. The largest absolute Gasteiger partial charge is 0.378 e. The number of benzene rings is 3. The molecule has 0 aromatic heterocycles. The average Bonchev–Trinajstić information content (AvgIpc) is 2.58. The molecule has 0 aliphatic carbocycles. The topological polar surface area (TPSA) is 20.2 Å². The Hall–Kier alpha value is -3.00. The van der Waals surface area contributed by atoms with E-state index in [1.54, 1.807) is 13.8 Å². The summed E-state index contributed by atoms with van der Waals surface area (Å²) in [6.07, 6.45) is 0. The second-order valence-electron chi connectivity index (χ2n) is 6.13. The van der Waals surface area contributed by atoms with Crippen molar-refractivity contribution >= 4 is 10.8 Å². The summed E-state index contributed by atoms with van der Waals surface area (Å²) in [4.78, 5) is 0. The van der Waals surface area contributed by atoms with Crippen molar-refractivity contribution in [1.29, 1.82) is 0 Å². The first-order valence-corrected chi connectivity index (χ1v) is 7.87. The van der Waals surface area contributed by atoms with Gasteiger partial charge < -0.3 is 5.11 Å². The van der Waals surface area contributed by atoms with Crippen molar-refractivity contribution < 1.29 is 5.11 Å². The molecule has 24 heavy (non-hydrogen) atoms. The molecule has 0 bridgehead atoms. The molecule has 0 saturated carbocycles. The van der Waals surface area contributed by atoms with Crippen molar-refractivity contribution in [2.75, 3.05) is 0 Å². The molecule has 0 saturated heterocycles. The first-order valence-electron chi connectivity index (χ1n) is 7.87. The predicted octanol–water partition coefficient (Wildman–Crippen LogP) is 4.36. The van der Waals surface area contributed by atoms with Gasteiger partial charge in [-0.25, -0.2) is 0 Å². The number of hydrogen-bond acceptors (Lipinski definition) is 1. The molecule has 0 aliphatic heterocycles. The van der Waals surface area contributed by atoms with Crippen LogP contribution in [0, 0.1) is 23.7 Å². The Morgan fingerprint density at radius 1 is 0.708 bits per heavy atom.